The summed E-state index contributed by atoms with van der Waals surface area (Å²) in [6.07, 6.45) is 0.446. The van der Waals surface area contributed by atoms with Crippen LogP contribution in [-0.2, 0) is 9.53 Å². The molecule has 1 atom stereocenters. The van der Waals surface area contributed by atoms with Crippen molar-refractivity contribution in [2.45, 2.75) is 26.3 Å². The van der Waals surface area contributed by atoms with E-state index in [1.165, 1.54) is 13.2 Å². The molecule has 0 aromatic heterocycles. The van der Waals surface area contributed by atoms with Gasteiger partial charge in [-0.25, -0.2) is 9.18 Å². The summed E-state index contributed by atoms with van der Waals surface area (Å²) in [5.41, 5.74) is -0.324. The molecule has 0 radical (unpaired) electrons. The van der Waals surface area contributed by atoms with E-state index in [0.29, 0.717) is 6.42 Å². The number of carbonyl (C=O) groups excluding carboxylic acids is 1. The van der Waals surface area contributed by atoms with Gasteiger partial charge in [0.1, 0.15) is 17.5 Å². The molecular formula is C13H17FN2O4. The molecule has 0 aliphatic rings. The number of nitrogens with zero attached hydrogens (tertiary/aromatic N) is 1. The number of ether oxygens (including phenoxy) is 1. The van der Waals surface area contributed by atoms with E-state index in [1.807, 2.05) is 13.8 Å². The minimum absolute atomic E-state index is 0.0902. The Morgan fingerprint density at radius 2 is 2.15 bits per heavy atom. The Kier molecular flexibility index (Phi) is 5.42. The van der Waals surface area contributed by atoms with Crippen molar-refractivity contribution in [3.8, 4) is 0 Å². The summed E-state index contributed by atoms with van der Waals surface area (Å²) in [7, 11) is 1.25. The molecule has 0 aliphatic heterocycles. The fourth-order valence-electron chi connectivity index (χ4n) is 1.79. The van der Waals surface area contributed by atoms with E-state index in [4.69, 9.17) is 0 Å². The number of nitro benzene ring substituents is 1. The van der Waals surface area contributed by atoms with Crippen molar-refractivity contribution in [1.29, 1.82) is 0 Å². The first-order valence-corrected chi connectivity index (χ1v) is 6.13. The van der Waals surface area contributed by atoms with Crippen LogP contribution in [0.3, 0.4) is 0 Å². The van der Waals surface area contributed by atoms with Crippen LogP contribution in [-0.4, -0.2) is 24.0 Å². The molecule has 7 heteroatoms. The number of anilines is 1. The molecule has 0 amide bonds. The number of nitrogens with one attached hydrogen (secondary N) is 1. The van der Waals surface area contributed by atoms with Crippen LogP contribution in [0.25, 0.3) is 0 Å². The van der Waals surface area contributed by atoms with E-state index in [0.717, 1.165) is 12.1 Å². The molecule has 1 rings (SSSR count). The topological polar surface area (TPSA) is 81.5 Å². The minimum atomic E-state index is -0.718. The molecule has 0 heterocycles. The molecule has 20 heavy (non-hydrogen) atoms. The van der Waals surface area contributed by atoms with Gasteiger partial charge in [-0.2, -0.15) is 0 Å². The number of carbonyl (C=O) groups is 1. The molecule has 1 N–H and O–H groups in total. The molecular weight excluding hydrogens is 267 g/mol. The Morgan fingerprint density at radius 1 is 1.50 bits per heavy atom. The number of halogens is 1. The molecule has 110 valence electrons. The molecule has 0 spiro atoms. The first-order valence-electron chi connectivity index (χ1n) is 6.13. The highest BCUT2D eigenvalue weighted by molar-refractivity contribution is 5.80. The Hall–Kier alpha value is -2.18. The Morgan fingerprint density at radius 3 is 2.65 bits per heavy atom. The average Bonchev–Trinajstić information content (AvgIpc) is 2.38. The summed E-state index contributed by atoms with van der Waals surface area (Å²) in [6, 6.07) is 2.43. The summed E-state index contributed by atoms with van der Waals surface area (Å²) in [6.45, 7) is 3.83. The van der Waals surface area contributed by atoms with E-state index in [2.05, 4.69) is 10.1 Å². The van der Waals surface area contributed by atoms with Crippen LogP contribution in [0.4, 0.5) is 15.8 Å². The highest BCUT2D eigenvalue weighted by atomic mass is 19.1. The van der Waals surface area contributed by atoms with Crippen molar-refractivity contribution < 1.29 is 18.8 Å². The van der Waals surface area contributed by atoms with Gasteiger partial charge in [-0.3, -0.25) is 10.1 Å². The number of benzene rings is 1. The zero-order valence-electron chi connectivity index (χ0n) is 11.6. The number of esters is 1. The molecule has 0 bridgehead atoms. The highest BCUT2D eigenvalue weighted by Gasteiger charge is 2.24. The lowest BCUT2D eigenvalue weighted by Gasteiger charge is -2.19. The van der Waals surface area contributed by atoms with E-state index in [1.54, 1.807) is 0 Å². The van der Waals surface area contributed by atoms with Gasteiger partial charge in [-0.1, -0.05) is 13.8 Å². The molecule has 0 saturated carbocycles. The second kappa shape index (κ2) is 6.83. The number of methoxy groups -OCH3 is 1. The van der Waals surface area contributed by atoms with E-state index < -0.39 is 28.4 Å². The average molecular weight is 284 g/mol. The van der Waals surface area contributed by atoms with E-state index in [9.17, 15) is 19.3 Å². The van der Waals surface area contributed by atoms with Gasteiger partial charge in [-0.05, 0) is 24.5 Å². The van der Waals surface area contributed by atoms with Crippen LogP contribution in [0, 0.1) is 21.8 Å². The lowest BCUT2D eigenvalue weighted by Crippen LogP contribution is -2.32. The van der Waals surface area contributed by atoms with Gasteiger partial charge in [0.25, 0.3) is 5.69 Å². The van der Waals surface area contributed by atoms with Crippen molar-refractivity contribution in [3.05, 3.63) is 34.1 Å². The van der Waals surface area contributed by atoms with Crippen LogP contribution >= 0.6 is 0 Å². The SMILES string of the molecule is COC(=O)C(CC(C)C)Nc1ccc(F)cc1[N+](=O)[O-]. The Labute approximate surface area is 116 Å². The Bertz CT molecular complexity index is 505. The van der Waals surface area contributed by atoms with Crippen molar-refractivity contribution >= 4 is 17.3 Å². The third kappa shape index (κ3) is 4.18. The lowest BCUT2D eigenvalue weighted by molar-refractivity contribution is -0.384. The summed E-state index contributed by atoms with van der Waals surface area (Å²) in [5, 5.41) is 13.7. The predicted octanol–water partition coefficient (Wildman–Crippen LogP) is 2.73. The maximum atomic E-state index is 13.1. The van der Waals surface area contributed by atoms with Crippen LogP contribution in [0.1, 0.15) is 20.3 Å². The molecule has 6 nitrogen and oxygen atoms in total. The molecule has 0 aliphatic carbocycles. The standard InChI is InChI=1S/C13H17FN2O4/c1-8(2)6-11(13(17)20-3)15-10-5-4-9(14)7-12(10)16(18)19/h4-5,7-8,11,15H,6H2,1-3H3. The number of nitro groups is 1. The van der Waals surface area contributed by atoms with Crippen LogP contribution in [0.15, 0.2) is 18.2 Å². The molecule has 0 saturated heterocycles. The van der Waals surface area contributed by atoms with E-state index in [-0.39, 0.29) is 11.6 Å². The summed E-state index contributed by atoms with van der Waals surface area (Å²) >= 11 is 0. The van der Waals surface area contributed by atoms with Crippen molar-refractivity contribution in [2.24, 2.45) is 5.92 Å². The number of hydrogen-bond donors (Lipinski definition) is 1. The van der Waals surface area contributed by atoms with E-state index >= 15 is 0 Å². The maximum absolute atomic E-state index is 13.1. The second-order valence-corrected chi connectivity index (χ2v) is 4.77. The molecule has 1 aromatic carbocycles. The van der Waals surface area contributed by atoms with Crippen molar-refractivity contribution in [2.75, 3.05) is 12.4 Å². The van der Waals surface area contributed by atoms with Crippen molar-refractivity contribution in [1.82, 2.24) is 0 Å². The highest BCUT2D eigenvalue weighted by Crippen LogP contribution is 2.26. The largest absolute Gasteiger partial charge is 0.467 e. The fraction of sp³-hybridized carbons (Fsp3) is 0.462. The number of rotatable bonds is 6. The number of hydrogen-bond acceptors (Lipinski definition) is 5. The van der Waals surface area contributed by atoms with Crippen LogP contribution in [0.5, 0.6) is 0 Å². The van der Waals surface area contributed by atoms with Gasteiger partial charge >= 0.3 is 5.97 Å². The first-order chi connectivity index (χ1) is 9.35. The third-order valence-corrected chi connectivity index (χ3v) is 2.68. The summed E-state index contributed by atoms with van der Waals surface area (Å²) < 4.78 is 17.7. The van der Waals surface area contributed by atoms with Gasteiger partial charge < -0.3 is 10.1 Å². The van der Waals surface area contributed by atoms with Gasteiger partial charge in [0.05, 0.1) is 18.1 Å². The first kappa shape index (κ1) is 15.9. The fourth-order valence-corrected chi connectivity index (χ4v) is 1.79. The van der Waals surface area contributed by atoms with Crippen molar-refractivity contribution in [3.63, 3.8) is 0 Å². The maximum Gasteiger partial charge on any atom is 0.328 e. The van der Waals surface area contributed by atoms with Crippen LogP contribution < -0.4 is 5.32 Å². The molecule has 0 fully saturated rings. The smallest absolute Gasteiger partial charge is 0.328 e. The third-order valence-electron chi connectivity index (χ3n) is 2.68. The molecule has 1 unspecified atom stereocenters. The second-order valence-electron chi connectivity index (χ2n) is 4.77. The van der Waals surface area contributed by atoms with Gasteiger partial charge in [0, 0.05) is 0 Å². The Balaban J connectivity index is 3.04. The zero-order chi connectivity index (χ0) is 15.3. The molecule has 1 aromatic rings. The van der Waals surface area contributed by atoms with Gasteiger partial charge in [0.2, 0.25) is 0 Å². The van der Waals surface area contributed by atoms with Crippen LogP contribution in [0.2, 0.25) is 0 Å². The normalized spacial score (nSPS) is 12.1. The summed E-state index contributed by atoms with van der Waals surface area (Å²) in [4.78, 5) is 21.9. The van der Waals surface area contributed by atoms with Gasteiger partial charge in [-0.15, -0.1) is 0 Å². The predicted molar refractivity (Wildman–Crippen MR) is 71.9 cm³/mol. The quantitative estimate of drug-likeness (QED) is 0.493. The monoisotopic (exact) mass is 284 g/mol. The van der Waals surface area contributed by atoms with Gasteiger partial charge in [0.15, 0.2) is 0 Å². The lowest BCUT2D eigenvalue weighted by atomic mass is 10.0. The minimum Gasteiger partial charge on any atom is -0.467 e. The summed E-state index contributed by atoms with van der Waals surface area (Å²) in [5.74, 6) is -1.04. The zero-order valence-corrected chi connectivity index (χ0v) is 11.6.